The fraction of sp³-hybridized carbons (Fsp3) is 1.00. The highest BCUT2D eigenvalue weighted by Crippen LogP contribution is 2.27. The first-order valence-electron chi connectivity index (χ1n) is 3.55. The number of hydrogen-bond acceptors (Lipinski definition) is 4. The van der Waals surface area contributed by atoms with Crippen LogP contribution in [-0.2, 0) is 0 Å². The highest BCUT2D eigenvalue weighted by molar-refractivity contribution is 4.95. The Kier molecular flexibility index (Phi) is 3.44. The normalized spacial score (nSPS) is 18.0. The van der Waals surface area contributed by atoms with Crippen molar-refractivity contribution in [2.75, 3.05) is 19.8 Å². The van der Waals surface area contributed by atoms with Gasteiger partial charge in [-0.3, -0.25) is 0 Å². The minimum Gasteiger partial charge on any atom is -0.396 e. The SMILES string of the molecule is CC(N)(CO)C(C)(CO)CO. The molecule has 0 aliphatic rings. The summed E-state index contributed by atoms with van der Waals surface area (Å²) >= 11 is 0. The Morgan fingerprint density at radius 2 is 1.36 bits per heavy atom. The molecule has 0 aromatic rings. The Bertz CT molecular complexity index is 121. The van der Waals surface area contributed by atoms with Crippen molar-refractivity contribution < 1.29 is 15.3 Å². The van der Waals surface area contributed by atoms with Crippen LogP contribution in [0.4, 0.5) is 0 Å². The van der Waals surface area contributed by atoms with Crippen molar-refractivity contribution in [1.29, 1.82) is 0 Å². The molecular weight excluding hydrogens is 146 g/mol. The molecule has 4 heteroatoms. The lowest BCUT2D eigenvalue weighted by Crippen LogP contribution is -2.58. The number of nitrogens with two attached hydrogens (primary N) is 1. The van der Waals surface area contributed by atoms with E-state index in [1.54, 1.807) is 13.8 Å². The molecule has 0 heterocycles. The number of aliphatic hydroxyl groups is 3. The van der Waals surface area contributed by atoms with E-state index in [1.807, 2.05) is 0 Å². The van der Waals surface area contributed by atoms with Crippen molar-refractivity contribution >= 4 is 0 Å². The predicted octanol–water partition coefficient (Wildman–Crippen LogP) is -1.31. The molecular formula is C7H17NO3. The van der Waals surface area contributed by atoms with Gasteiger partial charge in [-0.15, -0.1) is 0 Å². The van der Waals surface area contributed by atoms with Crippen LogP contribution in [0.15, 0.2) is 0 Å². The van der Waals surface area contributed by atoms with Gasteiger partial charge < -0.3 is 21.1 Å². The van der Waals surface area contributed by atoms with Crippen LogP contribution in [0.1, 0.15) is 13.8 Å². The standard InChI is InChI=1S/C7H17NO3/c1-6(3-9,4-10)7(2,8)5-11/h9-11H,3-5,8H2,1-2H3. The summed E-state index contributed by atoms with van der Waals surface area (Å²) in [6.45, 7) is 2.49. The van der Waals surface area contributed by atoms with E-state index in [4.69, 9.17) is 21.1 Å². The lowest BCUT2D eigenvalue weighted by molar-refractivity contribution is -0.0145. The summed E-state index contributed by atoms with van der Waals surface area (Å²) in [6.07, 6.45) is 0. The highest BCUT2D eigenvalue weighted by Gasteiger charge is 2.40. The molecule has 0 spiro atoms. The van der Waals surface area contributed by atoms with E-state index in [-0.39, 0.29) is 19.8 Å². The molecule has 0 amide bonds. The molecule has 4 nitrogen and oxygen atoms in total. The first kappa shape index (κ1) is 10.8. The van der Waals surface area contributed by atoms with Gasteiger partial charge in [0.15, 0.2) is 0 Å². The van der Waals surface area contributed by atoms with Crippen LogP contribution in [0.5, 0.6) is 0 Å². The van der Waals surface area contributed by atoms with Gasteiger partial charge in [0, 0.05) is 11.0 Å². The van der Waals surface area contributed by atoms with Gasteiger partial charge in [0.2, 0.25) is 0 Å². The molecule has 0 saturated heterocycles. The Hall–Kier alpha value is -0.160. The minimum atomic E-state index is -0.948. The molecule has 0 fully saturated rings. The topological polar surface area (TPSA) is 86.7 Å². The fourth-order valence-electron chi connectivity index (χ4n) is 0.602. The fourth-order valence-corrected chi connectivity index (χ4v) is 0.602. The molecule has 0 aliphatic heterocycles. The molecule has 0 radical (unpaired) electrons. The molecule has 0 aliphatic carbocycles. The smallest absolute Gasteiger partial charge is 0.0615 e. The number of rotatable bonds is 4. The van der Waals surface area contributed by atoms with Crippen molar-refractivity contribution in [3.05, 3.63) is 0 Å². The van der Waals surface area contributed by atoms with Gasteiger partial charge in [-0.2, -0.15) is 0 Å². The van der Waals surface area contributed by atoms with E-state index in [2.05, 4.69) is 0 Å². The van der Waals surface area contributed by atoms with E-state index in [0.29, 0.717) is 0 Å². The lowest BCUT2D eigenvalue weighted by atomic mass is 9.74. The third-order valence-corrected chi connectivity index (χ3v) is 2.41. The molecule has 0 aromatic heterocycles. The molecule has 68 valence electrons. The average molecular weight is 163 g/mol. The maximum absolute atomic E-state index is 8.90. The third-order valence-electron chi connectivity index (χ3n) is 2.41. The summed E-state index contributed by atoms with van der Waals surface area (Å²) in [4.78, 5) is 0. The number of aliphatic hydroxyl groups excluding tert-OH is 3. The minimum absolute atomic E-state index is 0.239. The van der Waals surface area contributed by atoms with Crippen LogP contribution in [-0.4, -0.2) is 40.7 Å². The summed E-state index contributed by atoms with van der Waals surface area (Å²) < 4.78 is 0. The van der Waals surface area contributed by atoms with Crippen molar-refractivity contribution in [3.63, 3.8) is 0 Å². The van der Waals surface area contributed by atoms with Crippen molar-refractivity contribution in [1.82, 2.24) is 0 Å². The van der Waals surface area contributed by atoms with Gasteiger partial charge >= 0.3 is 0 Å². The van der Waals surface area contributed by atoms with Crippen molar-refractivity contribution in [2.45, 2.75) is 19.4 Å². The molecule has 0 rings (SSSR count). The van der Waals surface area contributed by atoms with Gasteiger partial charge in [-0.05, 0) is 6.92 Å². The first-order valence-corrected chi connectivity index (χ1v) is 3.55. The summed E-state index contributed by atoms with van der Waals surface area (Å²) in [7, 11) is 0. The Balaban J connectivity index is 4.47. The Morgan fingerprint density at radius 1 is 1.00 bits per heavy atom. The quantitative estimate of drug-likeness (QED) is 0.414. The lowest BCUT2D eigenvalue weighted by Gasteiger charge is -2.39. The van der Waals surface area contributed by atoms with Crippen LogP contribution < -0.4 is 5.73 Å². The first-order chi connectivity index (χ1) is 4.93. The van der Waals surface area contributed by atoms with E-state index in [0.717, 1.165) is 0 Å². The third kappa shape index (κ3) is 1.90. The summed E-state index contributed by atoms with van der Waals surface area (Å²) in [5, 5.41) is 26.6. The zero-order chi connectivity index (χ0) is 9.12. The molecule has 1 atom stereocenters. The second kappa shape index (κ2) is 3.49. The zero-order valence-electron chi connectivity index (χ0n) is 7.04. The van der Waals surface area contributed by atoms with Crippen LogP contribution in [0, 0.1) is 5.41 Å². The zero-order valence-corrected chi connectivity index (χ0v) is 7.04. The maximum Gasteiger partial charge on any atom is 0.0615 e. The average Bonchev–Trinajstić information content (AvgIpc) is 2.02. The maximum atomic E-state index is 8.90. The van der Waals surface area contributed by atoms with Crippen LogP contribution in [0.3, 0.4) is 0 Å². The number of hydrogen-bond donors (Lipinski definition) is 4. The Labute approximate surface area is 66.7 Å². The van der Waals surface area contributed by atoms with Crippen LogP contribution >= 0.6 is 0 Å². The summed E-state index contributed by atoms with van der Waals surface area (Å²) in [6, 6.07) is 0. The second-order valence-corrected chi connectivity index (χ2v) is 3.45. The van der Waals surface area contributed by atoms with Gasteiger partial charge in [-0.1, -0.05) is 6.92 Å². The van der Waals surface area contributed by atoms with Crippen LogP contribution in [0.2, 0.25) is 0 Å². The molecule has 0 bridgehead atoms. The summed E-state index contributed by atoms with van der Waals surface area (Å²) in [5.41, 5.74) is 3.87. The van der Waals surface area contributed by atoms with Gasteiger partial charge in [0.05, 0.1) is 19.8 Å². The van der Waals surface area contributed by atoms with E-state index >= 15 is 0 Å². The van der Waals surface area contributed by atoms with E-state index < -0.39 is 11.0 Å². The second-order valence-electron chi connectivity index (χ2n) is 3.45. The Morgan fingerprint density at radius 3 is 1.45 bits per heavy atom. The monoisotopic (exact) mass is 163 g/mol. The molecule has 0 saturated carbocycles. The molecule has 1 unspecified atom stereocenters. The largest absolute Gasteiger partial charge is 0.396 e. The van der Waals surface area contributed by atoms with E-state index in [9.17, 15) is 0 Å². The van der Waals surface area contributed by atoms with Crippen LogP contribution in [0.25, 0.3) is 0 Å². The summed E-state index contributed by atoms with van der Waals surface area (Å²) in [5.74, 6) is 0. The van der Waals surface area contributed by atoms with Gasteiger partial charge in [0.1, 0.15) is 0 Å². The predicted molar refractivity (Wildman–Crippen MR) is 42.0 cm³/mol. The molecule has 5 N–H and O–H groups in total. The van der Waals surface area contributed by atoms with Gasteiger partial charge in [-0.25, -0.2) is 0 Å². The highest BCUT2D eigenvalue weighted by atomic mass is 16.3. The molecule has 11 heavy (non-hydrogen) atoms. The van der Waals surface area contributed by atoms with Gasteiger partial charge in [0.25, 0.3) is 0 Å². The van der Waals surface area contributed by atoms with Crippen molar-refractivity contribution in [3.8, 4) is 0 Å². The molecule has 0 aromatic carbocycles. The van der Waals surface area contributed by atoms with E-state index in [1.165, 1.54) is 0 Å². The van der Waals surface area contributed by atoms with Crippen molar-refractivity contribution in [2.24, 2.45) is 11.1 Å².